The first-order valence-corrected chi connectivity index (χ1v) is 13.0. The summed E-state index contributed by atoms with van der Waals surface area (Å²) in [4.78, 5) is 12.0. The van der Waals surface area contributed by atoms with Gasteiger partial charge in [0.2, 0.25) is 5.91 Å². The van der Waals surface area contributed by atoms with Crippen molar-refractivity contribution in [3.05, 3.63) is 0 Å². The molecule has 1 aliphatic carbocycles. The van der Waals surface area contributed by atoms with Crippen LogP contribution in [-0.2, 0) is 23.7 Å². The molecule has 39 heavy (non-hydrogen) atoms. The van der Waals surface area contributed by atoms with Crippen LogP contribution in [0.3, 0.4) is 0 Å². The summed E-state index contributed by atoms with van der Waals surface area (Å²) in [6.07, 6.45) is -13.4. The molecule has 3 fully saturated rings. The van der Waals surface area contributed by atoms with Crippen molar-refractivity contribution in [2.75, 3.05) is 19.7 Å². The average Bonchev–Trinajstić information content (AvgIpc) is 2.89. The van der Waals surface area contributed by atoms with Crippen LogP contribution in [0.1, 0.15) is 19.3 Å². The zero-order chi connectivity index (χ0) is 29.0. The molecule has 2 saturated heterocycles. The van der Waals surface area contributed by atoms with Crippen LogP contribution in [0.5, 0.6) is 0 Å². The van der Waals surface area contributed by atoms with Crippen LogP contribution in [0, 0.1) is 0 Å². The molecular weight excluding hydrogens is 524 g/mol. The number of hydrogen-bond acceptors (Lipinski definition) is 16. The lowest BCUT2D eigenvalue weighted by atomic mass is 9.84. The van der Waals surface area contributed by atoms with Crippen molar-refractivity contribution in [2.45, 2.75) is 111 Å². The number of aliphatic hydroxyl groups excluding tert-OH is 6. The Morgan fingerprint density at radius 1 is 0.872 bits per heavy atom. The quantitative estimate of drug-likeness (QED) is 0.116. The Bertz CT molecular complexity index is 787. The number of nitrogens with two attached hydrogens (primary N) is 5. The predicted octanol–water partition coefficient (Wildman–Crippen LogP) is -7.43. The van der Waals surface area contributed by atoms with Gasteiger partial charge in [-0.25, -0.2) is 0 Å². The van der Waals surface area contributed by atoms with E-state index in [-0.39, 0.29) is 32.4 Å². The van der Waals surface area contributed by atoms with Crippen LogP contribution < -0.4 is 34.0 Å². The highest BCUT2D eigenvalue weighted by Gasteiger charge is 2.50. The summed E-state index contributed by atoms with van der Waals surface area (Å²) in [5.74, 6) is -0.676. The molecule has 3 rings (SSSR count). The summed E-state index contributed by atoms with van der Waals surface area (Å²) in [6, 6.07) is -3.61. The van der Waals surface area contributed by atoms with E-state index in [1.165, 1.54) is 0 Å². The molecule has 3 aliphatic rings. The van der Waals surface area contributed by atoms with E-state index >= 15 is 0 Å². The summed E-state index contributed by atoms with van der Waals surface area (Å²) in [5.41, 5.74) is 29.7. The van der Waals surface area contributed by atoms with Crippen LogP contribution in [0.15, 0.2) is 0 Å². The molecule has 1 saturated carbocycles. The molecule has 0 aromatic rings. The highest BCUT2D eigenvalue weighted by molar-refractivity contribution is 5.80. The summed E-state index contributed by atoms with van der Waals surface area (Å²) in [5, 5.41) is 63.7. The number of carbonyl (C=O) groups excluding carboxylic acids is 1. The van der Waals surface area contributed by atoms with E-state index in [2.05, 4.69) is 5.32 Å². The molecule has 15 atom stereocenters. The van der Waals surface area contributed by atoms with Gasteiger partial charge in [-0.15, -0.1) is 0 Å². The van der Waals surface area contributed by atoms with Crippen molar-refractivity contribution in [3.63, 3.8) is 0 Å². The monoisotopic (exact) mass is 568 g/mol. The Hall–Kier alpha value is -1.13. The standard InChI is InChI=1S/C22H44N6O11/c23-2-1-10(30)20(35)28-5-12-11(31)4-9(26)21(36-12)38-18-7(24)3-8(25)19(17(18)34)39-22-16(33)14(27)15(32)13(6-29)37-22/h7-19,21-22,29-34H,1-6,23-27H2,(H,28,35)/t7-,8+,9+,10-,11-,12+,13+,14-,15+,16+,17-,18+,19-,21+,22+/m0/s1. The zero-order valence-corrected chi connectivity index (χ0v) is 21.5. The highest BCUT2D eigenvalue weighted by Crippen LogP contribution is 2.30. The van der Waals surface area contributed by atoms with E-state index in [9.17, 15) is 35.4 Å². The second kappa shape index (κ2) is 14.2. The van der Waals surface area contributed by atoms with Crippen LogP contribution in [0.25, 0.3) is 0 Å². The van der Waals surface area contributed by atoms with Gasteiger partial charge in [0.05, 0.1) is 24.8 Å². The van der Waals surface area contributed by atoms with Crippen molar-refractivity contribution in [1.82, 2.24) is 5.32 Å². The second-order valence-corrected chi connectivity index (χ2v) is 10.4. The normalized spacial score (nSPS) is 46.0. The first-order valence-electron chi connectivity index (χ1n) is 13.0. The fraction of sp³-hybridized carbons (Fsp3) is 0.955. The smallest absolute Gasteiger partial charge is 0.248 e. The molecule has 0 spiro atoms. The van der Waals surface area contributed by atoms with Gasteiger partial charge in [0.15, 0.2) is 12.6 Å². The first kappa shape index (κ1) is 32.4. The number of nitrogens with one attached hydrogen (secondary N) is 1. The minimum Gasteiger partial charge on any atom is -0.394 e. The van der Waals surface area contributed by atoms with Crippen molar-refractivity contribution >= 4 is 5.91 Å². The highest BCUT2D eigenvalue weighted by atomic mass is 16.7. The first-order chi connectivity index (χ1) is 18.4. The van der Waals surface area contributed by atoms with Crippen LogP contribution >= 0.6 is 0 Å². The van der Waals surface area contributed by atoms with Crippen LogP contribution in [0.4, 0.5) is 0 Å². The molecule has 17 N–H and O–H groups in total. The van der Waals surface area contributed by atoms with E-state index in [0.29, 0.717) is 0 Å². The van der Waals surface area contributed by atoms with Gasteiger partial charge in [0.25, 0.3) is 0 Å². The minimum absolute atomic E-state index is 0.0406. The Balaban J connectivity index is 1.65. The maximum atomic E-state index is 12.0. The maximum absolute atomic E-state index is 12.0. The van der Waals surface area contributed by atoms with Gasteiger partial charge in [-0.2, -0.15) is 0 Å². The molecule has 0 bridgehead atoms. The largest absolute Gasteiger partial charge is 0.394 e. The Labute approximate surface area is 225 Å². The molecule has 0 unspecified atom stereocenters. The minimum atomic E-state index is -1.49. The Morgan fingerprint density at radius 3 is 2.05 bits per heavy atom. The molecule has 228 valence electrons. The van der Waals surface area contributed by atoms with Crippen molar-refractivity contribution in [1.29, 1.82) is 0 Å². The molecule has 0 aromatic carbocycles. The molecule has 2 heterocycles. The summed E-state index contributed by atoms with van der Waals surface area (Å²) < 4.78 is 23.0. The van der Waals surface area contributed by atoms with Crippen LogP contribution in [0.2, 0.25) is 0 Å². The number of hydrogen-bond donors (Lipinski definition) is 12. The van der Waals surface area contributed by atoms with Gasteiger partial charge in [-0.05, 0) is 25.8 Å². The van der Waals surface area contributed by atoms with Gasteiger partial charge in [-0.1, -0.05) is 0 Å². The molecule has 1 amide bonds. The van der Waals surface area contributed by atoms with Gasteiger partial charge in [-0.3, -0.25) is 4.79 Å². The third-order valence-corrected chi connectivity index (χ3v) is 7.40. The maximum Gasteiger partial charge on any atom is 0.248 e. The van der Waals surface area contributed by atoms with E-state index < -0.39 is 104 Å². The number of amides is 1. The summed E-state index contributed by atoms with van der Waals surface area (Å²) in [7, 11) is 0. The third-order valence-electron chi connectivity index (χ3n) is 7.40. The average molecular weight is 569 g/mol. The van der Waals surface area contributed by atoms with Crippen LogP contribution in [-0.4, -0.2) is 148 Å². The molecule has 17 heteroatoms. The Kier molecular flexibility index (Phi) is 11.8. The van der Waals surface area contributed by atoms with Gasteiger partial charge >= 0.3 is 0 Å². The number of ether oxygens (including phenoxy) is 4. The lowest BCUT2D eigenvalue weighted by Crippen LogP contribution is -2.68. The number of carbonyl (C=O) groups is 1. The summed E-state index contributed by atoms with van der Waals surface area (Å²) in [6.45, 7) is -0.629. The molecule has 0 aromatic heterocycles. The molecule has 2 aliphatic heterocycles. The van der Waals surface area contributed by atoms with Crippen molar-refractivity contribution in [3.8, 4) is 0 Å². The van der Waals surface area contributed by atoms with E-state index in [1.807, 2.05) is 0 Å². The number of aliphatic hydroxyl groups is 6. The second-order valence-electron chi connectivity index (χ2n) is 10.4. The fourth-order valence-corrected chi connectivity index (χ4v) is 5.01. The molecular formula is C22H44N6O11. The zero-order valence-electron chi connectivity index (χ0n) is 21.5. The van der Waals surface area contributed by atoms with E-state index in [4.69, 9.17) is 47.6 Å². The van der Waals surface area contributed by atoms with E-state index in [1.54, 1.807) is 0 Å². The third kappa shape index (κ3) is 7.59. The van der Waals surface area contributed by atoms with Crippen molar-refractivity contribution in [2.24, 2.45) is 28.7 Å². The fourth-order valence-electron chi connectivity index (χ4n) is 5.01. The lowest BCUT2D eigenvalue weighted by molar-refractivity contribution is -0.315. The van der Waals surface area contributed by atoms with Gasteiger partial charge in [0.1, 0.15) is 48.8 Å². The van der Waals surface area contributed by atoms with Gasteiger partial charge < -0.3 is 83.6 Å². The molecule has 0 radical (unpaired) electrons. The molecule has 17 nitrogen and oxygen atoms in total. The predicted molar refractivity (Wildman–Crippen MR) is 132 cm³/mol. The summed E-state index contributed by atoms with van der Waals surface area (Å²) >= 11 is 0. The topological polar surface area (TPSA) is 318 Å². The Morgan fingerprint density at radius 2 is 1.46 bits per heavy atom. The lowest BCUT2D eigenvalue weighted by Gasteiger charge is -2.47. The van der Waals surface area contributed by atoms with Crippen molar-refractivity contribution < 1.29 is 54.4 Å². The SMILES string of the molecule is NCC[C@H](O)C(=O)NC[C@H]1O[C@H](O[C@H]2[C@H](O)[C@@H](O[C@H]3O[C@H](CO)[C@@H](O)[C@H](N)[C@H]3O)[C@H](N)C[C@@H]2N)[C@H](N)C[C@@H]1O. The van der Waals surface area contributed by atoms with Gasteiger partial charge in [0, 0.05) is 18.6 Å². The van der Waals surface area contributed by atoms with E-state index in [0.717, 1.165) is 0 Å². The number of rotatable bonds is 10.